The lowest BCUT2D eigenvalue weighted by Crippen LogP contribution is -2.49. The number of hydrazone groups is 1. The summed E-state index contributed by atoms with van der Waals surface area (Å²) in [7, 11) is 0. The summed E-state index contributed by atoms with van der Waals surface area (Å²) in [5.74, 6) is 1.19. The lowest BCUT2D eigenvalue weighted by Gasteiger charge is -2.26. The predicted octanol–water partition coefficient (Wildman–Crippen LogP) is 1.15. The quantitative estimate of drug-likeness (QED) is 0.487. The van der Waals surface area contributed by atoms with Gasteiger partial charge < -0.3 is 16.5 Å². The van der Waals surface area contributed by atoms with E-state index in [1.165, 1.54) is 0 Å². The Labute approximate surface area is 144 Å². The van der Waals surface area contributed by atoms with Crippen LogP contribution in [0.1, 0.15) is 12.5 Å². The molecule has 8 heteroatoms. The van der Waals surface area contributed by atoms with Crippen LogP contribution in [0.15, 0.2) is 47.6 Å². The van der Waals surface area contributed by atoms with Gasteiger partial charge in [-0.3, -0.25) is 5.01 Å². The molecule has 4 rings (SSSR count). The van der Waals surface area contributed by atoms with Gasteiger partial charge in [0.15, 0.2) is 11.8 Å². The minimum absolute atomic E-state index is 0.0821. The van der Waals surface area contributed by atoms with Crippen LogP contribution < -0.4 is 22.5 Å². The molecule has 0 amide bonds. The van der Waals surface area contributed by atoms with Gasteiger partial charge in [0, 0.05) is 17.7 Å². The molecular weight excluding hydrogens is 316 g/mol. The molecule has 2 heterocycles. The van der Waals surface area contributed by atoms with E-state index in [0.717, 1.165) is 33.6 Å². The number of fused-ring (bicyclic) bond motifs is 1. The van der Waals surface area contributed by atoms with Crippen molar-refractivity contribution in [1.82, 2.24) is 26.0 Å². The predicted molar refractivity (Wildman–Crippen MR) is 99.1 cm³/mol. The summed E-state index contributed by atoms with van der Waals surface area (Å²) < 4.78 is 0. The Morgan fingerprint density at radius 3 is 2.64 bits per heavy atom. The van der Waals surface area contributed by atoms with Gasteiger partial charge in [0.25, 0.3) is 0 Å². The molecular formula is C17H20N8. The van der Waals surface area contributed by atoms with Crippen molar-refractivity contribution in [2.24, 2.45) is 10.8 Å². The number of H-pyrrole nitrogens is 1. The summed E-state index contributed by atoms with van der Waals surface area (Å²) in [5, 5.41) is 6.33. The molecule has 128 valence electrons. The molecule has 0 bridgehead atoms. The van der Waals surface area contributed by atoms with Crippen LogP contribution in [0.4, 0.5) is 5.95 Å². The maximum Gasteiger partial charge on any atom is 0.198 e. The molecule has 2 aromatic carbocycles. The fraction of sp³-hybridized carbons (Fsp3) is 0.176. The van der Waals surface area contributed by atoms with Crippen LogP contribution in [-0.4, -0.2) is 33.4 Å². The SMILES string of the molecule is C[C@H](CN)N1NNN=C1c1ccccc1-c1cccc2[nH]c(N)nc12. The number of nitrogens with zero attached hydrogens (tertiary/aromatic N) is 3. The minimum atomic E-state index is 0.0821. The Kier molecular flexibility index (Phi) is 3.75. The van der Waals surface area contributed by atoms with E-state index in [-0.39, 0.29) is 6.04 Å². The largest absolute Gasteiger partial charge is 0.369 e. The number of hydrazine groups is 2. The van der Waals surface area contributed by atoms with Crippen LogP contribution >= 0.6 is 0 Å². The third-order valence-electron chi connectivity index (χ3n) is 4.33. The first kappa shape index (κ1) is 15.4. The van der Waals surface area contributed by atoms with Gasteiger partial charge in [-0.2, -0.15) is 0 Å². The number of nitrogen functional groups attached to an aromatic ring is 1. The Balaban J connectivity index is 1.87. The molecule has 0 saturated carbocycles. The van der Waals surface area contributed by atoms with Gasteiger partial charge in [-0.15, -0.1) is 10.6 Å². The number of nitrogens with two attached hydrogens (primary N) is 2. The zero-order valence-corrected chi connectivity index (χ0v) is 13.8. The van der Waals surface area contributed by atoms with Crippen molar-refractivity contribution in [3.8, 4) is 11.1 Å². The highest BCUT2D eigenvalue weighted by molar-refractivity contribution is 6.07. The second kappa shape index (κ2) is 6.08. The highest BCUT2D eigenvalue weighted by atomic mass is 15.8. The second-order valence-electron chi connectivity index (χ2n) is 5.98. The molecule has 1 aromatic heterocycles. The Morgan fingerprint density at radius 2 is 1.84 bits per heavy atom. The second-order valence-corrected chi connectivity index (χ2v) is 5.98. The average Bonchev–Trinajstić information content (AvgIpc) is 3.26. The van der Waals surface area contributed by atoms with Gasteiger partial charge >= 0.3 is 0 Å². The molecule has 0 radical (unpaired) electrons. The molecule has 8 nitrogen and oxygen atoms in total. The van der Waals surface area contributed by atoms with E-state index in [2.05, 4.69) is 32.2 Å². The fourth-order valence-corrected chi connectivity index (χ4v) is 3.03. The fourth-order valence-electron chi connectivity index (χ4n) is 3.03. The number of rotatable bonds is 4. The topological polar surface area (TPSA) is 120 Å². The van der Waals surface area contributed by atoms with Crippen molar-refractivity contribution in [2.75, 3.05) is 12.3 Å². The zero-order chi connectivity index (χ0) is 17.4. The third kappa shape index (κ3) is 2.57. The summed E-state index contributed by atoms with van der Waals surface area (Å²) in [6, 6.07) is 14.1. The number of aromatic nitrogens is 2. The Hall–Kier alpha value is -3.10. The number of benzene rings is 2. The van der Waals surface area contributed by atoms with Crippen LogP contribution in [0.2, 0.25) is 0 Å². The monoisotopic (exact) mass is 336 g/mol. The molecule has 0 saturated heterocycles. The summed E-state index contributed by atoms with van der Waals surface area (Å²) in [4.78, 5) is 7.52. The normalized spacial score (nSPS) is 15.3. The number of imidazole rings is 1. The van der Waals surface area contributed by atoms with Crippen molar-refractivity contribution < 1.29 is 0 Å². The number of hydrogen-bond donors (Lipinski definition) is 5. The van der Waals surface area contributed by atoms with Crippen molar-refractivity contribution in [2.45, 2.75) is 13.0 Å². The molecule has 0 unspecified atom stereocenters. The maximum absolute atomic E-state index is 5.85. The molecule has 1 aliphatic rings. The number of para-hydroxylation sites is 1. The van der Waals surface area contributed by atoms with Crippen molar-refractivity contribution in [1.29, 1.82) is 0 Å². The number of hydrogen-bond acceptors (Lipinski definition) is 7. The van der Waals surface area contributed by atoms with Crippen LogP contribution in [0, 0.1) is 0 Å². The first-order chi connectivity index (χ1) is 12.2. The molecule has 3 aromatic rings. The zero-order valence-electron chi connectivity index (χ0n) is 13.8. The summed E-state index contributed by atoms with van der Waals surface area (Å²) in [5.41, 5.74) is 22.3. The van der Waals surface area contributed by atoms with Crippen LogP contribution in [-0.2, 0) is 0 Å². The molecule has 0 aliphatic carbocycles. The molecule has 1 atom stereocenters. The standard InChI is InChI=1S/C17H20N8/c1-10(9-18)25-16(22-23-24-25)13-6-3-2-5-11(13)12-7-4-8-14-15(12)21-17(19)20-14/h2-8,10,23-24H,9,18H2,1H3,(H3,19,20,21)/t10-/m1/s1. The number of anilines is 1. The highest BCUT2D eigenvalue weighted by Crippen LogP contribution is 2.31. The van der Waals surface area contributed by atoms with E-state index < -0.39 is 0 Å². The third-order valence-corrected chi connectivity index (χ3v) is 4.33. The van der Waals surface area contributed by atoms with E-state index in [1.54, 1.807) is 0 Å². The summed E-state index contributed by atoms with van der Waals surface area (Å²) in [6.45, 7) is 2.54. The van der Waals surface area contributed by atoms with E-state index in [4.69, 9.17) is 11.5 Å². The van der Waals surface area contributed by atoms with Gasteiger partial charge in [-0.05, 0) is 18.6 Å². The Bertz CT molecular complexity index is 945. The smallest absolute Gasteiger partial charge is 0.198 e. The Morgan fingerprint density at radius 1 is 1.08 bits per heavy atom. The summed E-state index contributed by atoms with van der Waals surface area (Å²) >= 11 is 0. The summed E-state index contributed by atoms with van der Waals surface area (Å²) in [6.07, 6.45) is 0. The molecule has 7 N–H and O–H groups in total. The van der Waals surface area contributed by atoms with Gasteiger partial charge in [0.05, 0.1) is 17.1 Å². The number of aromatic amines is 1. The first-order valence-electron chi connectivity index (χ1n) is 8.10. The molecule has 1 aliphatic heterocycles. The van der Waals surface area contributed by atoms with Crippen LogP contribution in [0.25, 0.3) is 22.2 Å². The van der Waals surface area contributed by atoms with E-state index in [0.29, 0.717) is 12.5 Å². The molecule has 25 heavy (non-hydrogen) atoms. The molecule has 0 fully saturated rings. The van der Waals surface area contributed by atoms with Gasteiger partial charge in [-0.1, -0.05) is 36.4 Å². The lowest BCUT2D eigenvalue weighted by atomic mass is 9.97. The van der Waals surface area contributed by atoms with Crippen molar-refractivity contribution >= 4 is 22.8 Å². The number of amidine groups is 1. The lowest BCUT2D eigenvalue weighted by molar-refractivity contribution is 0.238. The van der Waals surface area contributed by atoms with Crippen molar-refractivity contribution in [3.05, 3.63) is 48.0 Å². The minimum Gasteiger partial charge on any atom is -0.369 e. The average molecular weight is 336 g/mol. The van der Waals surface area contributed by atoms with E-state index in [9.17, 15) is 0 Å². The van der Waals surface area contributed by atoms with Gasteiger partial charge in [0.2, 0.25) is 0 Å². The van der Waals surface area contributed by atoms with Gasteiger partial charge in [0.1, 0.15) is 0 Å². The molecule has 0 spiro atoms. The van der Waals surface area contributed by atoms with E-state index >= 15 is 0 Å². The maximum atomic E-state index is 5.85. The van der Waals surface area contributed by atoms with Crippen molar-refractivity contribution in [3.63, 3.8) is 0 Å². The number of nitrogens with one attached hydrogen (secondary N) is 3. The highest BCUT2D eigenvalue weighted by Gasteiger charge is 2.25. The van der Waals surface area contributed by atoms with Gasteiger partial charge in [-0.25, -0.2) is 10.5 Å². The van der Waals surface area contributed by atoms with Crippen LogP contribution in [0.3, 0.4) is 0 Å². The van der Waals surface area contributed by atoms with Crippen LogP contribution in [0.5, 0.6) is 0 Å². The first-order valence-corrected chi connectivity index (χ1v) is 8.10. The van der Waals surface area contributed by atoms with E-state index in [1.807, 2.05) is 48.3 Å².